The molecule has 0 aliphatic heterocycles. The molecule has 84 valence electrons. The maximum atomic E-state index is 11.1. The highest BCUT2D eigenvalue weighted by Gasteiger charge is 2.19. The van der Waals surface area contributed by atoms with Crippen LogP contribution in [-0.2, 0) is 6.42 Å². The number of fused-ring (bicyclic) bond motifs is 1. The lowest BCUT2D eigenvalue weighted by atomic mass is 10.2. The fourth-order valence-electron chi connectivity index (χ4n) is 1.62. The molecule has 0 amide bonds. The van der Waals surface area contributed by atoms with Gasteiger partial charge in [-0.25, -0.2) is 14.8 Å². The second-order valence-electron chi connectivity index (χ2n) is 3.44. The molecule has 0 fully saturated rings. The van der Waals surface area contributed by atoms with Crippen LogP contribution < -0.4 is 0 Å². The number of rotatable bonds is 2. The zero-order valence-electron chi connectivity index (χ0n) is 8.83. The Morgan fingerprint density at radius 1 is 1.50 bits per heavy atom. The van der Waals surface area contributed by atoms with E-state index in [0.29, 0.717) is 29.0 Å². The van der Waals surface area contributed by atoms with Gasteiger partial charge in [0.25, 0.3) is 0 Å². The average Bonchev–Trinajstić information content (AvgIpc) is 2.54. The number of carboxylic acid groups (broad SMARTS) is 1. The molecular formula is C10H10ClN3O2. The van der Waals surface area contributed by atoms with Gasteiger partial charge in [0.2, 0.25) is 0 Å². The number of aromatic carboxylic acids is 1. The molecule has 0 atom stereocenters. The van der Waals surface area contributed by atoms with Crippen LogP contribution in [0.4, 0.5) is 0 Å². The highest BCUT2D eigenvalue weighted by Crippen LogP contribution is 2.25. The van der Waals surface area contributed by atoms with Crippen LogP contribution in [0.1, 0.15) is 28.8 Å². The summed E-state index contributed by atoms with van der Waals surface area (Å²) in [5, 5.41) is 9.35. The quantitative estimate of drug-likeness (QED) is 0.788. The third-order valence-corrected chi connectivity index (χ3v) is 2.64. The van der Waals surface area contributed by atoms with Crippen molar-refractivity contribution in [3.8, 4) is 0 Å². The van der Waals surface area contributed by atoms with E-state index >= 15 is 0 Å². The van der Waals surface area contributed by atoms with Crippen molar-refractivity contribution in [2.24, 2.45) is 0 Å². The van der Waals surface area contributed by atoms with Gasteiger partial charge in [0.15, 0.2) is 5.15 Å². The molecule has 0 saturated carbocycles. The Morgan fingerprint density at radius 3 is 2.75 bits per heavy atom. The number of carboxylic acids is 1. The average molecular weight is 240 g/mol. The van der Waals surface area contributed by atoms with E-state index in [4.69, 9.17) is 16.7 Å². The number of H-pyrrole nitrogens is 1. The number of nitrogens with zero attached hydrogens (tertiary/aromatic N) is 2. The maximum absolute atomic E-state index is 11.1. The van der Waals surface area contributed by atoms with E-state index < -0.39 is 5.97 Å². The molecule has 2 rings (SSSR count). The molecule has 2 N–H and O–H groups in total. The molecule has 0 radical (unpaired) electrons. The summed E-state index contributed by atoms with van der Waals surface area (Å²) >= 11 is 5.96. The minimum Gasteiger partial charge on any atom is -0.478 e. The molecule has 0 aliphatic rings. The number of hydrogen-bond donors (Lipinski definition) is 2. The van der Waals surface area contributed by atoms with Gasteiger partial charge < -0.3 is 10.1 Å². The molecule has 16 heavy (non-hydrogen) atoms. The molecular weight excluding hydrogens is 230 g/mol. The fraction of sp³-hybridized carbons (Fsp3) is 0.300. The lowest BCUT2D eigenvalue weighted by molar-refractivity contribution is 0.0698. The Bertz CT molecular complexity index is 577. The molecule has 2 heterocycles. The third kappa shape index (κ3) is 1.53. The topological polar surface area (TPSA) is 78.9 Å². The van der Waals surface area contributed by atoms with Crippen LogP contribution in [0.25, 0.3) is 11.0 Å². The number of halogens is 1. The van der Waals surface area contributed by atoms with Gasteiger partial charge in [0.1, 0.15) is 22.4 Å². The number of nitrogens with one attached hydrogen (secondary N) is 1. The molecule has 5 nitrogen and oxygen atoms in total. The van der Waals surface area contributed by atoms with E-state index in [9.17, 15) is 4.79 Å². The number of aryl methyl sites for hydroxylation is 2. The largest absolute Gasteiger partial charge is 0.478 e. The molecule has 2 aromatic rings. The Hall–Kier alpha value is -1.62. The molecule has 0 aromatic carbocycles. The predicted octanol–water partition coefficient (Wildman–Crippen LogP) is 2.18. The fourth-order valence-corrected chi connectivity index (χ4v) is 1.85. The second kappa shape index (κ2) is 3.75. The Balaban J connectivity index is 2.86. The number of hydrogen-bond acceptors (Lipinski definition) is 3. The van der Waals surface area contributed by atoms with Crippen LogP contribution in [0, 0.1) is 6.92 Å². The maximum Gasteiger partial charge on any atom is 0.339 e. The van der Waals surface area contributed by atoms with Crippen molar-refractivity contribution < 1.29 is 9.90 Å². The minimum absolute atomic E-state index is 0.161. The van der Waals surface area contributed by atoms with Crippen LogP contribution in [-0.4, -0.2) is 26.0 Å². The van der Waals surface area contributed by atoms with Crippen molar-refractivity contribution in [3.05, 3.63) is 22.2 Å². The number of aromatic nitrogens is 3. The SMILES string of the molecule is CCc1nc(Cl)c2[nH]c(C)c(C(=O)O)c2n1. The van der Waals surface area contributed by atoms with Crippen LogP contribution >= 0.6 is 11.6 Å². The monoisotopic (exact) mass is 239 g/mol. The smallest absolute Gasteiger partial charge is 0.339 e. The van der Waals surface area contributed by atoms with Gasteiger partial charge in [0, 0.05) is 12.1 Å². The van der Waals surface area contributed by atoms with Gasteiger partial charge >= 0.3 is 5.97 Å². The minimum atomic E-state index is -1.01. The van der Waals surface area contributed by atoms with Crippen molar-refractivity contribution in [1.29, 1.82) is 0 Å². The van der Waals surface area contributed by atoms with E-state index in [1.807, 2.05) is 6.92 Å². The molecule has 0 saturated heterocycles. The van der Waals surface area contributed by atoms with E-state index in [-0.39, 0.29) is 10.7 Å². The first-order valence-electron chi connectivity index (χ1n) is 4.82. The zero-order chi connectivity index (χ0) is 11.9. The highest BCUT2D eigenvalue weighted by molar-refractivity contribution is 6.34. The predicted molar refractivity (Wildman–Crippen MR) is 60.0 cm³/mol. The molecule has 0 aliphatic carbocycles. The van der Waals surface area contributed by atoms with Crippen LogP contribution in [0.2, 0.25) is 5.15 Å². The van der Waals surface area contributed by atoms with Crippen molar-refractivity contribution in [3.63, 3.8) is 0 Å². The first kappa shape index (κ1) is 10.9. The zero-order valence-corrected chi connectivity index (χ0v) is 9.59. The summed E-state index contributed by atoms with van der Waals surface area (Å²) < 4.78 is 0. The summed E-state index contributed by atoms with van der Waals surface area (Å²) in [5.41, 5.74) is 1.55. The summed E-state index contributed by atoms with van der Waals surface area (Å²) in [4.78, 5) is 22.2. The Morgan fingerprint density at radius 2 is 2.19 bits per heavy atom. The molecule has 0 unspecified atom stereocenters. The molecule has 2 aromatic heterocycles. The first-order valence-corrected chi connectivity index (χ1v) is 5.20. The van der Waals surface area contributed by atoms with Gasteiger partial charge in [0.05, 0.1) is 0 Å². The van der Waals surface area contributed by atoms with E-state index in [0.717, 1.165) is 0 Å². The summed E-state index contributed by atoms with van der Waals surface area (Å²) in [7, 11) is 0. The van der Waals surface area contributed by atoms with Gasteiger partial charge in [-0.3, -0.25) is 0 Å². The first-order chi connectivity index (χ1) is 7.54. The Labute approximate surface area is 96.5 Å². The van der Waals surface area contributed by atoms with Crippen LogP contribution in [0.15, 0.2) is 0 Å². The molecule has 6 heteroatoms. The summed E-state index contributed by atoms with van der Waals surface area (Å²) in [6, 6.07) is 0. The van der Waals surface area contributed by atoms with Crippen molar-refractivity contribution >= 4 is 28.6 Å². The highest BCUT2D eigenvalue weighted by atomic mass is 35.5. The summed E-state index contributed by atoms with van der Waals surface area (Å²) in [5.74, 6) is -0.473. The molecule has 0 bridgehead atoms. The van der Waals surface area contributed by atoms with Crippen LogP contribution in [0.3, 0.4) is 0 Å². The molecule has 0 spiro atoms. The van der Waals surface area contributed by atoms with Crippen molar-refractivity contribution in [1.82, 2.24) is 15.0 Å². The van der Waals surface area contributed by atoms with Gasteiger partial charge in [-0.1, -0.05) is 18.5 Å². The second-order valence-corrected chi connectivity index (χ2v) is 3.80. The number of carbonyl (C=O) groups is 1. The lowest BCUT2D eigenvalue weighted by Gasteiger charge is -1.98. The summed E-state index contributed by atoms with van der Waals surface area (Å²) in [6.45, 7) is 3.56. The van der Waals surface area contributed by atoms with Gasteiger partial charge in [-0.15, -0.1) is 0 Å². The van der Waals surface area contributed by atoms with Crippen molar-refractivity contribution in [2.45, 2.75) is 20.3 Å². The number of aromatic amines is 1. The van der Waals surface area contributed by atoms with Crippen molar-refractivity contribution in [2.75, 3.05) is 0 Å². The standard InChI is InChI=1S/C10H10ClN3O2/c1-3-5-13-7-6(10(15)16)4(2)12-8(7)9(11)14-5/h12H,3H2,1-2H3,(H,15,16). The van der Waals surface area contributed by atoms with Crippen LogP contribution in [0.5, 0.6) is 0 Å². The third-order valence-electron chi connectivity index (χ3n) is 2.37. The van der Waals surface area contributed by atoms with E-state index in [1.165, 1.54) is 0 Å². The van der Waals surface area contributed by atoms with E-state index in [1.54, 1.807) is 6.92 Å². The van der Waals surface area contributed by atoms with Gasteiger partial charge in [-0.05, 0) is 6.92 Å². The lowest BCUT2D eigenvalue weighted by Crippen LogP contribution is -2.00. The van der Waals surface area contributed by atoms with E-state index in [2.05, 4.69) is 15.0 Å². The summed E-state index contributed by atoms with van der Waals surface area (Å²) in [6.07, 6.45) is 0.610. The Kier molecular flexibility index (Phi) is 2.55. The normalized spacial score (nSPS) is 10.9. The van der Waals surface area contributed by atoms with Gasteiger partial charge in [-0.2, -0.15) is 0 Å².